The van der Waals surface area contributed by atoms with E-state index in [1.165, 1.54) is 0 Å². The Morgan fingerprint density at radius 1 is 1.53 bits per heavy atom. The topological polar surface area (TPSA) is 47.0 Å². The fourth-order valence-electron chi connectivity index (χ4n) is 1.42. The molecule has 0 saturated heterocycles. The van der Waals surface area contributed by atoms with Crippen molar-refractivity contribution in [1.82, 2.24) is 9.97 Å². The fourth-order valence-corrected chi connectivity index (χ4v) is 2.42. The van der Waals surface area contributed by atoms with Gasteiger partial charge in [0.15, 0.2) is 0 Å². The highest BCUT2D eigenvalue weighted by atomic mass is 32.1. The van der Waals surface area contributed by atoms with Crippen LogP contribution in [0.5, 0.6) is 0 Å². The number of hydrogen-bond donors (Lipinski definition) is 1. The van der Waals surface area contributed by atoms with E-state index in [0.717, 1.165) is 21.4 Å². The van der Waals surface area contributed by atoms with Crippen LogP contribution in [0.4, 0.5) is 10.7 Å². The summed E-state index contributed by atoms with van der Waals surface area (Å²) in [6.45, 7) is 4.41. The van der Waals surface area contributed by atoms with Crippen LogP contribution in [0, 0.1) is 6.92 Å². The number of rotatable bonds is 5. The summed E-state index contributed by atoms with van der Waals surface area (Å²) in [5.74, 6) is 0. The molecule has 5 heteroatoms. The van der Waals surface area contributed by atoms with E-state index in [1.54, 1.807) is 30.8 Å². The average molecular weight is 248 g/mol. The van der Waals surface area contributed by atoms with Crippen molar-refractivity contribution in [1.29, 1.82) is 0 Å². The molecule has 2 rings (SSSR count). The lowest BCUT2D eigenvalue weighted by Crippen LogP contribution is -1.92. The quantitative estimate of drug-likeness (QED) is 0.884. The zero-order valence-corrected chi connectivity index (χ0v) is 10.5. The molecule has 2 heterocycles. The van der Waals surface area contributed by atoms with E-state index >= 15 is 0 Å². The number of aromatic nitrogens is 2. The van der Waals surface area contributed by atoms with Crippen LogP contribution in [0.2, 0.25) is 0 Å². The molecule has 0 aromatic carbocycles. The monoisotopic (exact) mass is 248 g/mol. The Kier molecular flexibility index (Phi) is 4.06. The molecular formula is C12H14N3OS. The van der Waals surface area contributed by atoms with Crippen molar-refractivity contribution >= 4 is 22.0 Å². The van der Waals surface area contributed by atoms with Gasteiger partial charge >= 0.3 is 0 Å². The summed E-state index contributed by atoms with van der Waals surface area (Å²) in [4.78, 5) is 8.52. The summed E-state index contributed by atoms with van der Waals surface area (Å²) in [5, 5.41) is 5.27. The second kappa shape index (κ2) is 5.75. The molecule has 0 saturated carbocycles. The predicted octanol–water partition coefficient (Wildman–Crippen LogP) is 2.80. The van der Waals surface area contributed by atoms with Gasteiger partial charge in [-0.2, -0.15) is 0 Å². The first-order valence-corrected chi connectivity index (χ1v) is 6.09. The first-order valence-electron chi connectivity index (χ1n) is 5.27. The molecule has 0 aliphatic heterocycles. The van der Waals surface area contributed by atoms with Gasteiger partial charge in [0.1, 0.15) is 10.0 Å². The number of anilines is 2. The molecule has 0 aliphatic carbocycles. The minimum atomic E-state index is 0.534. The fraction of sp³-hybridized carbons (Fsp3) is 0.250. The highest BCUT2D eigenvalue weighted by molar-refractivity contribution is 7.15. The van der Waals surface area contributed by atoms with Crippen LogP contribution in [0.3, 0.4) is 0 Å². The van der Waals surface area contributed by atoms with Crippen molar-refractivity contribution < 1.29 is 4.74 Å². The molecule has 0 aliphatic rings. The summed E-state index contributed by atoms with van der Waals surface area (Å²) in [5.41, 5.74) is 1.92. The normalized spacial score (nSPS) is 10.5. The van der Waals surface area contributed by atoms with Gasteiger partial charge in [0.25, 0.3) is 0 Å². The highest BCUT2D eigenvalue weighted by Gasteiger charge is 2.09. The number of methoxy groups -OCH3 is 1. The molecule has 89 valence electrons. The van der Waals surface area contributed by atoms with Crippen LogP contribution < -0.4 is 5.32 Å². The smallest absolute Gasteiger partial charge is 0.121 e. The molecule has 1 radical (unpaired) electrons. The van der Waals surface area contributed by atoms with E-state index in [1.807, 2.05) is 12.1 Å². The van der Waals surface area contributed by atoms with Crippen molar-refractivity contribution in [2.24, 2.45) is 0 Å². The summed E-state index contributed by atoms with van der Waals surface area (Å²) in [6, 6.07) is 3.86. The minimum absolute atomic E-state index is 0.534. The Morgan fingerprint density at radius 3 is 3.06 bits per heavy atom. The Labute approximate surface area is 105 Å². The van der Waals surface area contributed by atoms with Crippen LogP contribution in [-0.2, 0) is 17.8 Å². The zero-order chi connectivity index (χ0) is 12.1. The van der Waals surface area contributed by atoms with Gasteiger partial charge in [-0.1, -0.05) is 11.3 Å². The van der Waals surface area contributed by atoms with Crippen molar-refractivity contribution in [2.45, 2.75) is 13.0 Å². The minimum Gasteiger partial charge on any atom is -0.378 e. The Balaban J connectivity index is 2.19. The maximum Gasteiger partial charge on any atom is 0.121 e. The maximum atomic E-state index is 5.08. The van der Waals surface area contributed by atoms with Crippen LogP contribution in [0.15, 0.2) is 24.5 Å². The lowest BCUT2D eigenvalue weighted by molar-refractivity contribution is 0.184. The Morgan fingerprint density at radius 2 is 2.41 bits per heavy atom. The number of pyridine rings is 1. The van der Waals surface area contributed by atoms with Crippen molar-refractivity contribution in [2.75, 3.05) is 12.4 Å². The summed E-state index contributed by atoms with van der Waals surface area (Å²) in [6.07, 6.45) is 4.18. The Hall–Kier alpha value is -1.46. The second-order valence-corrected chi connectivity index (χ2v) is 4.52. The third-order valence-corrected chi connectivity index (χ3v) is 3.15. The maximum absolute atomic E-state index is 5.08. The van der Waals surface area contributed by atoms with Crippen molar-refractivity contribution in [3.8, 4) is 0 Å². The van der Waals surface area contributed by atoms with Crippen LogP contribution in [0.1, 0.15) is 10.7 Å². The number of nitrogens with zero attached hydrogens (tertiary/aromatic N) is 2. The zero-order valence-electron chi connectivity index (χ0n) is 9.64. The number of ether oxygens (including phenoxy) is 1. The number of nitrogens with one attached hydrogen (secondary N) is 1. The summed E-state index contributed by atoms with van der Waals surface area (Å²) in [7, 11) is 1.67. The van der Waals surface area contributed by atoms with Crippen LogP contribution in [-0.4, -0.2) is 17.1 Å². The third-order valence-electron chi connectivity index (χ3n) is 2.17. The molecule has 0 unspecified atom stereocenters. The lowest BCUT2D eigenvalue weighted by Gasteiger charge is -2.03. The molecule has 2 aromatic rings. The molecule has 2 aromatic heterocycles. The highest BCUT2D eigenvalue weighted by Crippen LogP contribution is 2.28. The first-order chi connectivity index (χ1) is 8.33. The van der Waals surface area contributed by atoms with Crippen molar-refractivity contribution in [3.63, 3.8) is 0 Å². The van der Waals surface area contributed by atoms with E-state index < -0.39 is 0 Å². The summed E-state index contributed by atoms with van der Waals surface area (Å²) >= 11 is 1.59. The third kappa shape index (κ3) is 3.01. The van der Waals surface area contributed by atoms with Gasteiger partial charge in [-0.05, 0) is 25.5 Å². The average Bonchev–Trinajstić information content (AvgIpc) is 2.73. The molecular weight excluding hydrogens is 234 g/mol. The first kappa shape index (κ1) is 12.0. The van der Waals surface area contributed by atoms with E-state index in [0.29, 0.717) is 13.0 Å². The van der Waals surface area contributed by atoms with Gasteiger partial charge in [0, 0.05) is 13.3 Å². The van der Waals surface area contributed by atoms with Crippen LogP contribution in [0.25, 0.3) is 0 Å². The van der Waals surface area contributed by atoms with Crippen molar-refractivity contribution in [3.05, 3.63) is 42.2 Å². The van der Waals surface area contributed by atoms with Crippen LogP contribution >= 0.6 is 11.3 Å². The van der Waals surface area contributed by atoms with Gasteiger partial charge in [-0.3, -0.25) is 4.98 Å². The van der Waals surface area contributed by atoms with Gasteiger partial charge in [0.2, 0.25) is 0 Å². The lowest BCUT2D eigenvalue weighted by atomic mass is 10.3. The van der Waals surface area contributed by atoms with E-state index in [9.17, 15) is 0 Å². The molecule has 1 N–H and O–H groups in total. The van der Waals surface area contributed by atoms with Gasteiger partial charge in [-0.15, -0.1) is 0 Å². The molecule has 0 spiro atoms. The molecule has 0 amide bonds. The summed E-state index contributed by atoms with van der Waals surface area (Å²) < 4.78 is 5.08. The molecule has 0 fully saturated rings. The number of hydrogen-bond acceptors (Lipinski definition) is 5. The molecule has 17 heavy (non-hydrogen) atoms. The molecule has 0 bridgehead atoms. The standard InChI is InChI=1S/C12H14N3OS/c1-3-10-12(17-11(15-10)8-16-2)14-9-5-4-6-13-7-9/h4-7,14H,1,3,8H2,2H3. The second-order valence-electron chi connectivity index (χ2n) is 3.43. The largest absolute Gasteiger partial charge is 0.378 e. The Bertz CT molecular complexity index is 470. The van der Waals surface area contributed by atoms with E-state index in [4.69, 9.17) is 4.74 Å². The van der Waals surface area contributed by atoms with E-state index in [2.05, 4.69) is 22.2 Å². The molecule has 4 nitrogen and oxygen atoms in total. The van der Waals surface area contributed by atoms with E-state index in [-0.39, 0.29) is 0 Å². The van der Waals surface area contributed by atoms with Gasteiger partial charge < -0.3 is 10.1 Å². The molecule has 0 atom stereocenters. The van der Waals surface area contributed by atoms with Gasteiger partial charge in [0.05, 0.1) is 24.2 Å². The SMILES string of the molecule is [CH2]Cc1nc(COC)sc1Nc1cccnc1. The predicted molar refractivity (Wildman–Crippen MR) is 69.4 cm³/mol. The number of thiazole rings is 1. The van der Waals surface area contributed by atoms with Gasteiger partial charge in [-0.25, -0.2) is 4.98 Å².